The lowest BCUT2D eigenvalue weighted by Crippen LogP contribution is -2.53. The second-order valence-electron chi connectivity index (χ2n) is 7.20. The number of hydrogen-bond donors (Lipinski definition) is 1. The number of carbonyl (C=O) groups excluding carboxylic acids is 1. The van der Waals surface area contributed by atoms with E-state index in [2.05, 4.69) is 48.3 Å². The fourth-order valence-corrected chi connectivity index (χ4v) is 3.17. The zero-order valence-corrected chi connectivity index (χ0v) is 14.4. The SMILES string of the molecule is CC(C)C(=O)N1CC(NCc2ccccc2)CC(C(C)C)C1. The minimum Gasteiger partial charge on any atom is -0.341 e. The maximum atomic E-state index is 12.4. The smallest absolute Gasteiger partial charge is 0.225 e. The summed E-state index contributed by atoms with van der Waals surface area (Å²) < 4.78 is 0. The average Bonchev–Trinajstić information content (AvgIpc) is 2.52. The van der Waals surface area contributed by atoms with Gasteiger partial charge in [-0.05, 0) is 23.8 Å². The molecule has 3 heteroatoms. The van der Waals surface area contributed by atoms with E-state index in [1.54, 1.807) is 0 Å². The highest BCUT2D eigenvalue weighted by atomic mass is 16.2. The molecular weight excluding hydrogens is 272 g/mol. The third kappa shape index (κ3) is 4.57. The van der Waals surface area contributed by atoms with E-state index in [4.69, 9.17) is 0 Å². The molecule has 1 saturated heterocycles. The molecule has 1 N–H and O–H groups in total. The fraction of sp³-hybridized carbons (Fsp3) is 0.632. The van der Waals surface area contributed by atoms with E-state index in [1.165, 1.54) is 5.56 Å². The highest BCUT2D eigenvalue weighted by Crippen LogP contribution is 2.25. The molecule has 1 amide bonds. The Morgan fingerprint density at radius 2 is 1.86 bits per heavy atom. The van der Waals surface area contributed by atoms with Crippen LogP contribution in [0.2, 0.25) is 0 Å². The molecule has 2 unspecified atom stereocenters. The quantitative estimate of drug-likeness (QED) is 0.905. The van der Waals surface area contributed by atoms with Crippen LogP contribution in [0.25, 0.3) is 0 Å². The first kappa shape index (κ1) is 17.0. The molecule has 22 heavy (non-hydrogen) atoms. The van der Waals surface area contributed by atoms with Crippen LogP contribution in [0, 0.1) is 17.8 Å². The third-order valence-electron chi connectivity index (χ3n) is 4.67. The standard InChI is InChI=1S/C19H30N2O/c1-14(2)17-10-18(13-21(12-17)19(22)15(3)4)20-11-16-8-6-5-7-9-16/h5-9,14-15,17-18,20H,10-13H2,1-4H3. The van der Waals surface area contributed by atoms with E-state index in [0.717, 1.165) is 26.1 Å². The zero-order valence-electron chi connectivity index (χ0n) is 14.4. The zero-order chi connectivity index (χ0) is 16.1. The van der Waals surface area contributed by atoms with Gasteiger partial charge in [0.1, 0.15) is 0 Å². The molecular formula is C19H30N2O. The summed E-state index contributed by atoms with van der Waals surface area (Å²) in [4.78, 5) is 14.5. The Labute approximate surface area is 135 Å². The van der Waals surface area contributed by atoms with Crippen molar-refractivity contribution in [2.24, 2.45) is 17.8 Å². The van der Waals surface area contributed by atoms with Crippen molar-refractivity contribution < 1.29 is 4.79 Å². The van der Waals surface area contributed by atoms with Gasteiger partial charge in [-0.25, -0.2) is 0 Å². The van der Waals surface area contributed by atoms with Crippen molar-refractivity contribution in [1.82, 2.24) is 10.2 Å². The molecule has 1 heterocycles. The van der Waals surface area contributed by atoms with E-state index < -0.39 is 0 Å². The maximum absolute atomic E-state index is 12.4. The Morgan fingerprint density at radius 3 is 2.45 bits per heavy atom. The largest absolute Gasteiger partial charge is 0.341 e. The Bertz CT molecular complexity index is 470. The van der Waals surface area contributed by atoms with E-state index in [-0.39, 0.29) is 11.8 Å². The molecule has 1 aliphatic rings. The molecule has 0 radical (unpaired) electrons. The van der Waals surface area contributed by atoms with Crippen LogP contribution in [0.4, 0.5) is 0 Å². The minimum atomic E-state index is 0.0840. The number of carbonyl (C=O) groups is 1. The van der Waals surface area contributed by atoms with Crippen LogP contribution in [-0.2, 0) is 11.3 Å². The second kappa shape index (κ2) is 7.77. The van der Waals surface area contributed by atoms with Gasteiger partial charge in [0.2, 0.25) is 5.91 Å². The summed E-state index contributed by atoms with van der Waals surface area (Å²) in [6.07, 6.45) is 1.16. The van der Waals surface area contributed by atoms with E-state index in [0.29, 0.717) is 17.9 Å². The van der Waals surface area contributed by atoms with Crippen molar-refractivity contribution in [1.29, 1.82) is 0 Å². The minimum absolute atomic E-state index is 0.0840. The topological polar surface area (TPSA) is 32.3 Å². The highest BCUT2D eigenvalue weighted by Gasteiger charge is 2.31. The van der Waals surface area contributed by atoms with Crippen molar-refractivity contribution >= 4 is 5.91 Å². The summed E-state index contributed by atoms with van der Waals surface area (Å²) >= 11 is 0. The monoisotopic (exact) mass is 302 g/mol. The maximum Gasteiger partial charge on any atom is 0.225 e. The third-order valence-corrected chi connectivity index (χ3v) is 4.67. The lowest BCUT2D eigenvalue weighted by atomic mass is 9.85. The molecule has 1 aliphatic heterocycles. The lowest BCUT2D eigenvalue weighted by molar-refractivity contribution is -0.137. The number of benzene rings is 1. The van der Waals surface area contributed by atoms with Gasteiger partial charge in [0.15, 0.2) is 0 Å². The Morgan fingerprint density at radius 1 is 1.18 bits per heavy atom. The summed E-state index contributed by atoms with van der Waals surface area (Å²) in [5.41, 5.74) is 1.30. The fourth-order valence-electron chi connectivity index (χ4n) is 3.17. The molecule has 2 rings (SSSR count). The van der Waals surface area contributed by atoms with Crippen LogP contribution in [0.15, 0.2) is 30.3 Å². The molecule has 1 fully saturated rings. The van der Waals surface area contributed by atoms with Crippen LogP contribution in [-0.4, -0.2) is 29.9 Å². The molecule has 0 aromatic heterocycles. The average molecular weight is 302 g/mol. The summed E-state index contributed by atoms with van der Waals surface area (Å²) in [5.74, 6) is 1.58. The number of nitrogens with zero attached hydrogens (tertiary/aromatic N) is 1. The number of nitrogens with one attached hydrogen (secondary N) is 1. The molecule has 0 bridgehead atoms. The first-order chi connectivity index (χ1) is 10.5. The number of likely N-dealkylation sites (tertiary alicyclic amines) is 1. The molecule has 1 aromatic carbocycles. The predicted octanol–water partition coefficient (Wildman–Crippen LogP) is 3.31. The van der Waals surface area contributed by atoms with Gasteiger partial charge < -0.3 is 10.2 Å². The second-order valence-corrected chi connectivity index (χ2v) is 7.20. The first-order valence-corrected chi connectivity index (χ1v) is 8.53. The summed E-state index contributed by atoms with van der Waals surface area (Å²) in [6.45, 7) is 11.2. The van der Waals surface area contributed by atoms with Crippen LogP contribution in [0.5, 0.6) is 0 Å². The molecule has 3 nitrogen and oxygen atoms in total. The van der Waals surface area contributed by atoms with Crippen molar-refractivity contribution in [2.75, 3.05) is 13.1 Å². The Balaban J connectivity index is 1.98. The van der Waals surface area contributed by atoms with Gasteiger partial charge in [-0.3, -0.25) is 4.79 Å². The van der Waals surface area contributed by atoms with Crippen LogP contribution < -0.4 is 5.32 Å². The molecule has 0 aliphatic carbocycles. The van der Waals surface area contributed by atoms with Gasteiger partial charge >= 0.3 is 0 Å². The predicted molar refractivity (Wildman–Crippen MR) is 91.4 cm³/mol. The summed E-state index contributed by atoms with van der Waals surface area (Å²) in [7, 11) is 0. The van der Waals surface area contributed by atoms with Crippen molar-refractivity contribution in [3.63, 3.8) is 0 Å². The van der Waals surface area contributed by atoms with Crippen molar-refractivity contribution in [3.8, 4) is 0 Å². The normalized spacial score (nSPS) is 22.4. The Kier molecular flexibility index (Phi) is 6.01. The number of amides is 1. The van der Waals surface area contributed by atoms with Gasteiger partial charge in [-0.1, -0.05) is 58.0 Å². The van der Waals surface area contributed by atoms with E-state index >= 15 is 0 Å². The van der Waals surface area contributed by atoms with Crippen molar-refractivity contribution in [3.05, 3.63) is 35.9 Å². The molecule has 0 saturated carbocycles. The van der Waals surface area contributed by atoms with Gasteiger partial charge in [-0.15, -0.1) is 0 Å². The van der Waals surface area contributed by atoms with E-state index in [9.17, 15) is 4.79 Å². The highest BCUT2D eigenvalue weighted by molar-refractivity contribution is 5.78. The molecule has 122 valence electrons. The molecule has 2 atom stereocenters. The van der Waals surface area contributed by atoms with Gasteiger partial charge in [0.25, 0.3) is 0 Å². The lowest BCUT2D eigenvalue weighted by Gasteiger charge is -2.40. The molecule has 0 spiro atoms. The summed E-state index contributed by atoms with van der Waals surface area (Å²) in [6, 6.07) is 10.9. The Hall–Kier alpha value is -1.35. The van der Waals surface area contributed by atoms with Gasteiger partial charge in [-0.2, -0.15) is 0 Å². The number of rotatable bonds is 5. The van der Waals surface area contributed by atoms with Crippen LogP contribution in [0.1, 0.15) is 39.7 Å². The summed E-state index contributed by atoms with van der Waals surface area (Å²) in [5, 5.41) is 3.65. The van der Waals surface area contributed by atoms with Crippen LogP contribution in [0.3, 0.4) is 0 Å². The van der Waals surface area contributed by atoms with Crippen molar-refractivity contribution in [2.45, 2.75) is 46.7 Å². The van der Waals surface area contributed by atoms with Gasteiger partial charge in [0.05, 0.1) is 0 Å². The van der Waals surface area contributed by atoms with E-state index in [1.807, 2.05) is 19.9 Å². The molecule has 1 aromatic rings. The first-order valence-electron chi connectivity index (χ1n) is 8.53. The van der Waals surface area contributed by atoms with Gasteiger partial charge in [0, 0.05) is 31.6 Å². The number of piperidine rings is 1. The van der Waals surface area contributed by atoms with Crippen LogP contribution >= 0.6 is 0 Å². The number of hydrogen-bond acceptors (Lipinski definition) is 2.